The van der Waals surface area contributed by atoms with Crippen LogP contribution in [0.5, 0.6) is 23.0 Å². The van der Waals surface area contributed by atoms with Gasteiger partial charge in [-0.3, -0.25) is 4.98 Å². The van der Waals surface area contributed by atoms with Gasteiger partial charge in [0.05, 0.1) is 22.5 Å². The number of rotatable bonds is 6. The molecule has 0 unspecified atom stereocenters. The Bertz CT molecular complexity index is 2830. The van der Waals surface area contributed by atoms with Gasteiger partial charge in [0.1, 0.15) is 0 Å². The van der Waals surface area contributed by atoms with Gasteiger partial charge >= 0.3 is 0 Å². The van der Waals surface area contributed by atoms with Crippen molar-refractivity contribution in [3.63, 3.8) is 0 Å². The maximum Gasteiger partial charge on any atom is 0.177 e. The average Bonchev–Trinajstić information content (AvgIpc) is 3.58. The lowest BCUT2D eigenvalue weighted by Crippen LogP contribution is -2.28. The number of aromatic nitrogens is 2. The van der Waals surface area contributed by atoms with Crippen LogP contribution in [0, 0.1) is 0 Å². The molecule has 2 aromatic heterocycles. The van der Waals surface area contributed by atoms with E-state index in [-0.39, 0.29) is 0 Å². The number of ether oxygens (including phenoxy) is 2. The molecule has 4 heteroatoms. The molecular formula is C53H34N2O2. The van der Waals surface area contributed by atoms with E-state index in [1.165, 1.54) is 27.8 Å². The van der Waals surface area contributed by atoms with Gasteiger partial charge in [0.2, 0.25) is 0 Å². The predicted octanol–water partition coefficient (Wildman–Crippen LogP) is 13.4. The van der Waals surface area contributed by atoms with E-state index in [2.05, 4.69) is 157 Å². The van der Waals surface area contributed by atoms with E-state index in [0.29, 0.717) is 23.0 Å². The molecule has 0 spiro atoms. The molecule has 268 valence electrons. The lowest BCUT2D eigenvalue weighted by molar-refractivity contribution is 0.360. The Kier molecular flexibility index (Phi) is 7.68. The smallest absolute Gasteiger partial charge is 0.177 e. The van der Waals surface area contributed by atoms with E-state index in [0.717, 1.165) is 50.5 Å². The number of hydrogen-bond acceptors (Lipinski definition) is 4. The van der Waals surface area contributed by atoms with Crippen LogP contribution in [-0.4, -0.2) is 9.97 Å². The molecule has 57 heavy (non-hydrogen) atoms. The lowest BCUT2D eigenvalue weighted by Gasteiger charge is -2.34. The van der Waals surface area contributed by atoms with Crippen molar-refractivity contribution in [2.24, 2.45) is 0 Å². The number of pyridine rings is 2. The van der Waals surface area contributed by atoms with E-state index in [4.69, 9.17) is 14.5 Å². The summed E-state index contributed by atoms with van der Waals surface area (Å²) in [5, 5.41) is 0. The molecule has 0 bridgehead atoms. The van der Waals surface area contributed by atoms with Crippen LogP contribution in [0.25, 0.3) is 56.0 Å². The zero-order chi connectivity index (χ0) is 37.8. The van der Waals surface area contributed by atoms with Crippen molar-refractivity contribution in [1.29, 1.82) is 0 Å². The van der Waals surface area contributed by atoms with Crippen LogP contribution >= 0.6 is 0 Å². The van der Waals surface area contributed by atoms with E-state index in [1.807, 2.05) is 48.5 Å². The summed E-state index contributed by atoms with van der Waals surface area (Å²) in [6.45, 7) is 0. The topological polar surface area (TPSA) is 44.2 Å². The van der Waals surface area contributed by atoms with Crippen LogP contribution < -0.4 is 9.47 Å². The second-order valence-electron chi connectivity index (χ2n) is 14.5. The van der Waals surface area contributed by atoms with Crippen LogP contribution in [-0.2, 0) is 5.41 Å². The molecule has 0 amide bonds. The molecular weight excluding hydrogens is 697 g/mol. The molecule has 0 fully saturated rings. The largest absolute Gasteiger partial charge is 0.449 e. The highest BCUT2D eigenvalue weighted by Crippen LogP contribution is 2.60. The van der Waals surface area contributed by atoms with Gasteiger partial charge in [0.25, 0.3) is 0 Å². The van der Waals surface area contributed by atoms with E-state index < -0.39 is 5.41 Å². The fourth-order valence-electron chi connectivity index (χ4n) is 8.71. The molecule has 9 aromatic rings. The van der Waals surface area contributed by atoms with Crippen molar-refractivity contribution >= 4 is 0 Å². The molecule has 3 heterocycles. The maximum absolute atomic E-state index is 6.96. The summed E-state index contributed by atoms with van der Waals surface area (Å²) in [6.07, 6.45) is 1.81. The molecule has 0 saturated carbocycles. The van der Waals surface area contributed by atoms with Gasteiger partial charge in [0, 0.05) is 17.3 Å². The number of benzene rings is 7. The van der Waals surface area contributed by atoms with Crippen molar-refractivity contribution in [2.75, 3.05) is 0 Å². The first-order valence-electron chi connectivity index (χ1n) is 19.2. The van der Waals surface area contributed by atoms with Gasteiger partial charge in [-0.2, -0.15) is 0 Å². The van der Waals surface area contributed by atoms with Gasteiger partial charge in [-0.25, -0.2) is 4.98 Å². The van der Waals surface area contributed by atoms with Crippen molar-refractivity contribution < 1.29 is 9.47 Å². The Morgan fingerprint density at radius 2 is 0.982 bits per heavy atom. The Labute approximate surface area is 331 Å². The SMILES string of the molecule is c1ccc(-c2cc(-c3ccc(-c4cccc5c4Oc4cc6c(cc4O5)-c4ccccc4C6(c4ccccc4)c4ccccc4)cc3)cc(-c3ccccn3)n2)cc1. The normalized spacial score (nSPS) is 13.0. The minimum absolute atomic E-state index is 0.535. The fourth-order valence-corrected chi connectivity index (χ4v) is 8.71. The molecule has 2 aliphatic rings. The standard InChI is InChI=1S/C53H34N2O2/c1-4-15-37(16-5-1)47-31-38(32-48(55-47)46-24-12-13-30-54-46)35-26-28-36(29-27-35)41-22-14-25-49-52(41)57-51-34-45-43(33-50(51)56-49)42-21-10-11-23-44(42)53(45,39-17-6-2-7-18-39)40-19-8-3-9-20-40/h1-34H. The van der Waals surface area contributed by atoms with Gasteiger partial charge in [-0.15, -0.1) is 0 Å². The highest BCUT2D eigenvalue weighted by atomic mass is 16.6. The monoisotopic (exact) mass is 730 g/mol. The zero-order valence-corrected chi connectivity index (χ0v) is 30.8. The third kappa shape index (κ3) is 5.37. The van der Waals surface area contributed by atoms with Gasteiger partial charge < -0.3 is 9.47 Å². The van der Waals surface area contributed by atoms with Gasteiger partial charge in [-0.1, -0.05) is 158 Å². The lowest BCUT2D eigenvalue weighted by atomic mass is 9.67. The molecule has 7 aromatic carbocycles. The van der Waals surface area contributed by atoms with Crippen molar-refractivity contribution in [3.05, 3.63) is 229 Å². The first kappa shape index (κ1) is 32.8. The highest BCUT2D eigenvalue weighted by Gasteiger charge is 2.47. The van der Waals surface area contributed by atoms with Crippen molar-refractivity contribution in [3.8, 4) is 79.0 Å². The molecule has 0 saturated heterocycles. The first-order chi connectivity index (χ1) is 28.2. The number of para-hydroxylation sites is 1. The second-order valence-corrected chi connectivity index (χ2v) is 14.5. The van der Waals surface area contributed by atoms with E-state index >= 15 is 0 Å². The third-order valence-electron chi connectivity index (χ3n) is 11.3. The molecule has 11 rings (SSSR count). The van der Waals surface area contributed by atoms with Gasteiger partial charge in [0.15, 0.2) is 23.0 Å². The highest BCUT2D eigenvalue weighted by molar-refractivity contribution is 5.89. The fraction of sp³-hybridized carbons (Fsp3) is 0.0189. The Hall–Kier alpha value is -7.56. The summed E-state index contributed by atoms with van der Waals surface area (Å²) in [5.74, 6) is 2.79. The zero-order valence-electron chi connectivity index (χ0n) is 30.8. The summed E-state index contributed by atoms with van der Waals surface area (Å²) < 4.78 is 13.7. The molecule has 1 aliphatic heterocycles. The summed E-state index contributed by atoms with van der Waals surface area (Å²) in [7, 11) is 0. The maximum atomic E-state index is 6.96. The van der Waals surface area contributed by atoms with Crippen LogP contribution in [0.3, 0.4) is 0 Å². The average molecular weight is 731 g/mol. The van der Waals surface area contributed by atoms with Gasteiger partial charge in [-0.05, 0) is 92.5 Å². The van der Waals surface area contributed by atoms with Crippen LogP contribution in [0.2, 0.25) is 0 Å². The molecule has 0 atom stereocenters. The number of hydrogen-bond donors (Lipinski definition) is 0. The Balaban J connectivity index is 0.997. The summed E-state index contributed by atoms with van der Waals surface area (Å²) in [6, 6.07) is 70.0. The predicted molar refractivity (Wildman–Crippen MR) is 228 cm³/mol. The Morgan fingerprint density at radius 3 is 1.72 bits per heavy atom. The minimum atomic E-state index is -0.535. The molecule has 1 aliphatic carbocycles. The third-order valence-corrected chi connectivity index (χ3v) is 11.3. The Morgan fingerprint density at radius 1 is 0.351 bits per heavy atom. The number of fused-ring (bicyclic) bond motifs is 5. The molecule has 0 N–H and O–H groups in total. The molecule has 4 nitrogen and oxygen atoms in total. The molecule has 0 radical (unpaired) electrons. The summed E-state index contributed by atoms with van der Waals surface area (Å²) in [4.78, 5) is 9.62. The quantitative estimate of drug-likeness (QED) is 0.171. The van der Waals surface area contributed by atoms with Crippen LogP contribution in [0.4, 0.5) is 0 Å². The summed E-state index contributed by atoms with van der Waals surface area (Å²) in [5.41, 5.74) is 14.4. The van der Waals surface area contributed by atoms with E-state index in [1.54, 1.807) is 6.20 Å². The summed E-state index contributed by atoms with van der Waals surface area (Å²) >= 11 is 0. The minimum Gasteiger partial charge on any atom is -0.449 e. The van der Waals surface area contributed by atoms with Crippen LogP contribution in [0.1, 0.15) is 22.3 Å². The van der Waals surface area contributed by atoms with Crippen LogP contribution in [0.15, 0.2) is 206 Å². The first-order valence-corrected chi connectivity index (χ1v) is 19.2. The second kappa shape index (κ2) is 13.3. The van der Waals surface area contributed by atoms with E-state index in [9.17, 15) is 0 Å². The van der Waals surface area contributed by atoms with Crippen molar-refractivity contribution in [1.82, 2.24) is 9.97 Å². The van der Waals surface area contributed by atoms with Crippen molar-refractivity contribution in [2.45, 2.75) is 5.41 Å². The number of nitrogens with zero attached hydrogens (tertiary/aromatic N) is 2.